The van der Waals surface area contributed by atoms with Gasteiger partial charge in [-0.1, -0.05) is 35.4 Å². The summed E-state index contributed by atoms with van der Waals surface area (Å²) >= 11 is 0. The van der Waals surface area contributed by atoms with Crippen molar-refractivity contribution in [3.8, 4) is 0 Å². The van der Waals surface area contributed by atoms with Gasteiger partial charge in [0.25, 0.3) is 0 Å². The number of rotatable bonds is 3. The summed E-state index contributed by atoms with van der Waals surface area (Å²) in [5.41, 5.74) is 5.30. The first kappa shape index (κ1) is 14.1. The van der Waals surface area contributed by atoms with Crippen molar-refractivity contribution in [1.29, 1.82) is 0 Å². The lowest BCUT2D eigenvalue weighted by atomic mass is 10.0. The maximum atomic E-state index is 13.4. The molecule has 0 bridgehead atoms. The molecular formula is C18H20FNO. The minimum Gasteiger partial charge on any atom is -0.387 e. The Bertz CT molecular complexity index is 648. The fourth-order valence-corrected chi connectivity index (χ4v) is 3.12. The molecule has 0 aromatic heterocycles. The average molecular weight is 285 g/mol. The van der Waals surface area contributed by atoms with Gasteiger partial charge in [-0.2, -0.15) is 0 Å². The second kappa shape index (κ2) is 5.49. The molecule has 0 saturated heterocycles. The molecule has 2 aromatic carbocycles. The maximum Gasteiger partial charge on any atom is 0.125 e. The number of aryl methyl sites for hydroxylation is 2. The Morgan fingerprint density at radius 2 is 1.86 bits per heavy atom. The van der Waals surface area contributed by atoms with Crippen molar-refractivity contribution in [2.24, 2.45) is 0 Å². The van der Waals surface area contributed by atoms with E-state index in [0.717, 1.165) is 40.9 Å². The molecule has 1 atom stereocenters. The number of benzene rings is 2. The van der Waals surface area contributed by atoms with Crippen molar-refractivity contribution in [1.82, 2.24) is 0 Å². The SMILES string of the molecule is Cc1cc(C)cc(C(O)CN2CCc3ccc(F)cc32)c1. The van der Waals surface area contributed by atoms with Crippen molar-refractivity contribution in [2.75, 3.05) is 18.0 Å². The van der Waals surface area contributed by atoms with Crippen LogP contribution < -0.4 is 4.90 Å². The molecule has 110 valence electrons. The van der Waals surface area contributed by atoms with E-state index in [-0.39, 0.29) is 5.82 Å². The van der Waals surface area contributed by atoms with E-state index in [2.05, 4.69) is 11.0 Å². The van der Waals surface area contributed by atoms with Crippen LogP contribution in [-0.2, 0) is 6.42 Å². The number of anilines is 1. The van der Waals surface area contributed by atoms with Crippen molar-refractivity contribution < 1.29 is 9.50 Å². The van der Waals surface area contributed by atoms with Crippen molar-refractivity contribution >= 4 is 5.69 Å². The molecule has 1 N–H and O–H groups in total. The van der Waals surface area contributed by atoms with Gasteiger partial charge in [0.2, 0.25) is 0 Å². The summed E-state index contributed by atoms with van der Waals surface area (Å²) in [5.74, 6) is -0.221. The molecule has 1 aliphatic heterocycles. The standard InChI is InChI=1S/C18H20FNO/c1-12-7-13(2)9-15(8-12)18(21)11-20-6-5-14-3-4-16(19)10-17(14)20/h3-4,7-10,18,21H,5-6,11H2,1-2H3. The molecule has 2 nitrogen and oxygen atoms in total. The lowest BCUT2D eigenvalue weighted by Crippen LogP contribution is -2.26. The molecule has 1 aliphatic rings. The van der Waals surface area contributed by atoms with E-state index in [0.29, 0.717) is 6.54 Å². The van der Waals surface area contributed by atoms with E-state index in [9.17, 15) is 9.50 Å². The van der Waals surface area contributed by atoms with Crippen molar-refractivity contribution in [3.63, 3.8) is 0 Å². The Balaban J connectivity index is 1.80. The van der Waals surface area contributed by atoms with Gasteiger partial charge in [0.15, 0.2) is 0 Å². The highest BCUT2D eigenvalue weighted by Crippen LogP contribution is 2.30. The molecule has 3 rings (SSSR count). The molecular weight excluding hydrogens is 265 g/mol. The number of hydrogen-bond acceptors (Lipinski definition) is 2. The van der Waals surface area contributed by atoms with Crippen LogP contribution in [0, 0.1) is 19.7 Å². The van der Waals surface area contributed by atoms with Crippen LogP contribution in [0.15, 0.2) is 36.4 Å². The Morgan fingerprint density at radius 3 is 2.57 bits per heavy atom. The summed E-state index contributed by atoms with van der Waals surface area (Å²) in [6.45, 7) is 5.40. The predicted molar refractivity (Wildman–Crippen MR) is 83.2 cm³/mol. The third-order valence-electron chi connectivity index (χ3n) is 4.06. The number of aliphatic hydroxyl groups excluding tert-OH is 1. The number of fused-ring (bicyclic) bond motifs is 1. The van der Waals surface area contributed by atoms with E-state index in [1.807, 2.05) is 32.0 Å². The molecule has 0 saturated carbocycles. The molecule has 1 unspecified atom stereocenters. The highest BCUT2D eigenvalue weighted by atomic mass is 19.1. The molecule has 0 aliphatic carbocycles. The average Bonchev–Trinajstić information content (AvgIpc) is 2.80. The van der Waals surface area contributed by atoms with E-state index < -0.39 is 6.10 Å². The van der Waals surface area contributed by atoms with Gasteiger partial charge in [-0.3, -0.25) is 0 Å². The summed E-state index contributed by atoms with van der Waals surface area (Å²) in [7, 11) is 0. The zero-order valence-corrected chi connectivity index (χ0v) is 12.4. The van der Waals surface area contributed by atoms with Crippen molar-refractivity contribution in [3.05, 3.63) is 64.5 Å². The lowest BCUT2D eigenvalue weighted by molar-refractivity contribution is 0.184. The minimum atomic E-state index is -0.558. The summed E-state index contributed by atoms with van der Waals surface area (Å²) in [6, 6.07) is 11.0. The van der Waals surface area contributed by atoms with Crippen LogP contribution in [0.2, 0.25) is 0 Å². The van der Waals surface area contributed by atoms with Crippen molar-refractivity contribution in [2.45, 2.75) is 26.4 Å². The third kappa shape index (κ3) is 2.93. The van der Waals surface area contributed by atoms with Gasteiger partial charge in [0.1, 0.15) is 5.82 Å². The molecule has 0 fully saturated rings. The number of nitrogens with zero attached hydrogens (tertiary/aromatic N) is 1. The molecule has 0 spiro atoms. The molecule has 3 heteroatoms. The van der Waals surface area contributed by atoms with Gasteiger partial charge in [-0.15, -0.1) is 0 Å². The number of hydrogen-bond donors (Lipinski definition) is 1. The van der Waals surface area contributed by atoms with E-state index in [4.69, 9.17) is 0 Å². The van der Waals surface area contributed by atoms with Gasteiger partial charge in [-0.25, -0.2) is 4.39 Å². The predicted octanol–water partition coefficient (Wildman–Crippen LogP) is 3.54. The largest absolute Gasteiger partial charge is 0.387 e. The molecule has 2 aromatic rings. The quantitative estimate of drug-likeness (QED) is 0.932. The second-order valence-electron chi connectivity index (χ2n) is 5.91. The van der Waals surface area contributed by atoms with Crippen LogP contribution in [0.25, 0.3) is 0 Å². The Kier molecular flexibility index (Phi) is 3.68. The van der Waals surface area contributed by atoms with Gasteiger partial charge in [-0.05, 0) is 43.5 Å². The van der Waals surface area contributed by atoms with Crippen LogP contribution in [0.1, 0.15) is 28.4 Å². The first-order valence-electron chi connectivity index (χ1n) is 7.32. The molecule has 21 heavy (non-hydrogen) atoms. The minimum absolute atomic E-state index is 0.221. The molecule has 0 radical (unpaired) electrons. The third-order valence-corrected chi connectivity index (χ3v) is 4.06. The van der Waals surface area contributed by atoms with Crippen LogP contribution >= 0.6 is 0 Å². The van der Waals surface area contributed by atoms with Crippen LogP contribution in [0.5, 0.6) is 0 Å². The lowest BCUT2D eigenvalue weighted by Gasteiger charge is -2.23. The first-order chi connectivity index (χ1) is 10.0. The van der Waals surface area contributed by atoms with Gasteiger partial charge in [0, 0.05) is 18.8 Å². The summed E-state index contributed by atoms with van der Waals surface area (Å²) in [4.78, 5) is 2.07. The Morgan fingerprint density at radius 1 is 1.14 bits per heavy atom. The second-order valence-corrected chi connectivity index (χ2v) is 5.91. The van der Waals surface area contributed by atoms with E-state index in [1.165, 1.54) is 6.07 Å². The monoisotopic (exact) mass is 285 g/mol. The van der Waals surface area contributed by atoms with Crippen LogP contribution in [0.3, 0.4) is 0 Å². The van der Waals surface area contributed by atoms with Crippen LogP contribution in [-0.4, -0.2) is 18.2 Å². The normalized spacial score (nSPS) is 15.1. The number of aliphatic hydroxyl groups is 1. The maximum absolute atomic E-state index is 13.4. The van der Waals surface area contributed by atoms with Gasteiger partial charge < -0.3 is 10.0 Å². The van der Waals surface area contributed by atoms with E-state index >= 15 is 0 Å². The Hall–Kier alpha value is -1.87. The van der Waals surface area contributed by atoms with E-state index in [1.54, 1.807) is 6.07 Å². The molecule has 0 amide bonds. The fourth-order valence-electron chi connectivity index (χ4n) is 3.12. The smallest absolute Gasteiger partial charge is 0.125 e. The zero-order chi connectivity index (χ0) is 15.0. The van der Waals surface area contributed by atoms with Gasteiger partial charge >= 0.3 is 0 Å². The first-order valence-corrected chi connectivity index (χ1v) is 7.32. The van der Waals surface area contributed by atoms with Crippen LogP contribution in [0.4, 0.5) is 10.1 Å². The Labute approximate surface area is 124 Å². The fraction of sp³-hybridized carbons (Fsp3) is 0.333. The summed E-state index contributed by atoms with van der Waals surface area (Å²) < 4.78 is 13.4. The topological polar surface area (TPSA) is 23.5 Å². The number of halogens is 1. The zero-order valence-electron chi connectivity index (χ0n) is 12.4. The molecule has 1 heterocycles. The summed E-state index contributed by atoms with van der Waals surface area (Å²) in [6.07, 6.45) is 0.354. The summed E-state index contributed by atoms with van der Waals surface area (Å²) in [5, 5.41) is 10.5. The highest BCUT2D eigenvalue weighted by molar-refractivity contribution is 5.58. The van der Waals surface area contributed by atoms with Gasteiger partial charge in [0.05, 0.1) is 6.10 Å². The number of β-amino-alcohol motifs (C(OH)–C–C–N with tert-alkyl or cyclic N) is 1. The highest BCUT2D eigenvalue weighted by Gasteiger charge is 2.22.